The summed E-state index contributed by atoms with van der Waals surface area (Å²) in [5.41, 5.74) is 4.09. The molecular weight excluding hydrogens is 294 g/mol. The topological polar surface area (TPSA) is 12.0 Å². The number of halogens is 1. The first-order chi connectivity index (χ1) is 8.22. The van der Waals surface area contributed by atoms with Gasteiger partial charge in [0.2, 0.25) is 0 Å². The Morgan fingerprint density at radius 2 is 2.18 bits per heavy atom. The molecule has 0 aliphatic rings. The van der Waals surface area contributed by atoms with Gasteiger partial charge in [-0.15, -0.1) is 0 Å². The molecule has 0 radical (unpaired) electrons. The van der Waals surface area contributed by atoms with Gasteiger partial charge in [-0.05, 0) is 60.0 Å². The summed E-state index contributed by atoms with van der Waals surface area (Å²) in [4.78, 5) is 0. The fourth-order valence-corrected chi connectivity index (χ4v) is 3.08. The molecule has 1 N–H and O–H groups in total. The molecule has 0 aliphatic carbocycles. The summed E-state index contributed by atoms with van der Waals surface area (Å²) in [6, 6.07) is 8.97. The van der Waals surface area contributed by atoms with Crippen LogP contribution in [0.25, 0.3) is 0 Å². The van der Waals surface area contributed by atoms with Crippen LogP contribution >= 0.6 is 27.3 Å². The van der Waals surface area contributed by atoms with Crippen LogP contribution in [-0.2, 0) is 6.42 Å². The van der Waals surface area contributed by atoms with Crippen molar-refractivity contribution in [3.8, 4) is 0 Å². The van der Waals surface area contributed by atoms with Gasteiger partial charge in [0.25, 0.3) is 0 Å². The average Bonchev–Trinajstić information content (AvgIpc) is 2.83. The molecule has 2 aromatic rings. The summed E-state index contributed by atoms with van der Waals surface area (Å²) in [6.07, 6.45) is 1.04. The van der Waals surface area contributed by atoms with Crippen LogP contribution in [0.3, 0.4) is 0 Å². The van der Waals surface area contributed by atoms with Crippen molar-refractivity contribution in [2.24, 2.45) is 0 Å². The first-order valence-electron chi connectivity index (χ1n) is 5.65. The second-order valence-corrected chi connectivity index (χ2v) is 5.77. The molecule has 1 unspecified atom stereocenters. The van der Waals surface area contributed by atoms with Crippen molar-refractivity contribution in [3.05, 3.63) is 56.2 Å². The number of hydrogen-bond acceptors (Lipinski definition) is 2. The molecule has 0 saturated carbocycles. The molecule has 1 atom stereocenters. The highest BCUT2D eigenvalue weighted by Crippen LogP contribution is 2.27. The van der Waals surface area contributed by atoms with Gasteiger partial charge in [-0.2, -0.15) is 11.3 Å². The lowest BCUT2D eigenvalue weighted by Crippen LogP contribution is -2.19. The molecule has 0 bridgehead atoms. The number of nitrogens with one attached hydrogen (secondary N) is 1. The number of thiophene rings is 1. The summed E-state index contributed by atoms with van der Waals surface area (Å²) in [6.45, 7) is 2.16. The molecule has 0 spiro atoms. The summed E-state index contributed by atoms with van der Waals surface area (Å²) >= 11 is 5.35. The fraction of sp³-hybridized carbons (Fsp3) is 0.286. The zero-order chi connectivity index (χ0) is 12.3. The quantitative estimate of drug-likeness (QED) is 0.886. The van der Waals surface area contributed by atoms with E-state index in [0.717, 1.165) is 6.42 Å². The van der Waals surface area contributed by atoms with Gasteiger partial charge in [0.1, 0.15) is 0 Å². The zero-order valence-electron chi connectivity index (χ0n) is 10.0. The average molecular weight is 310 g/mol. The van der Waals surface area contributed by atoms with Crippen molar-refractivity contribution in [2.75, 3.05) is 7.05 Å². The molecule has 1 heterocycles. The highest BCUT2D eigenvalue weighted by atomic mass is 79.9. The van der Waals surface area contributed by atoms with Crippen molar-refractivity contribution in [1.29, 1.82) is 0 Å². The van der Waals surface area contributed by atoms with Crippen molar-refractivity contribution >= 4 is 27.3 Å². The molecule has 3 heteroatoms. The van der Waals surface area contributed by atoms with E-state index in [9.17, 15) is 0 Å². The SMILES string of the molecule is CNC(Cc1ccsc1)c1cccc(Br)c1C. The highest BCUT2D eigenvalue weighted by molar-refractivity contribution is 9.10. The zero-order valence-corrected chi connectivity index (χ0v) is 12.4. The lowest BCUT2D eigenvalue weighted by atomic mass is 9.97. The fourth-order valence-electron chi connectivity index (χ4n) is 2.01. The van der Waals surface area contributed by atoms with Crippen molar-refractivity contribution in [2.45, 2.75) is 19.4 Å². The molecule has 1 aromatic carbocycles. The Morgan fingerprint density at radius 1 is 1.35 bits per heavy atom. The molecule has 0 fully saturated rings. The molecule has 1 nitrogen and oxygen atoms in total. The normalized spacial score (nSPS) is 12.6. The van der Waals surface area contributed by atoms with E-state index < -0.39 is 0 Å². The Bertz CT molecular complexity index is 479. The monoisotopic (exact) mass is 309 g/mol. The summed E-state index contributed by atoms with van der Waals surface area (Å²) in [5, 5.41) is 7.76. The number of rotatable bonds is 4. The summed E-state index contributed by atoms with van der Waals surface area (Å²) in [5.74, 6) is 0. The maximum absolute atomic E-state index is 3.60. The van der Waals surface area contributed by atoms with E-state index in [1.807, 2.05) is 7.05 Å². The third kappa shape index (κ3) is 2.97. The van der Waals surface area contributed by atoms with Crippen LogP contribution in [0.15, 0.2) is 39.5 Å². The highest BCUT2D eigenvalue weighted by Gasteiger charge is 2.13. The van der Waals surface area contributed by atoms with Gasteiger partial charge in [-0.1, -0.05) is 28.1 Å². The van der Waals surface area contributed by atoms with Crippen LogP contribution < -0.4 is 5.32 Å². The van der Waals surface area contributed by atoms with E-state index in [-0.39, 0.29) is 0 Å². The molecule has 17 heavy (non-hydrogen) atoms. The van der Waals surface area contributed by atoms with Crippen molar-refractivity contribution in [3.63, 3.8) is 0 Å². The smallest absolute Gasteiger partial charge is 0.0361 e. The maximum Gasteiger partial charge on any atom is 0.0361 e. The second-order valence-electron chi connectivity index (χ2n) is 4.13. The Morgan fingerprint density at radius 3 is 2.82 bits per heavy atom. The van der Waals surface area contributed by atoms with Crippen LogP contribution in [0.5, 0.6) is 0 Å². The minimum Gasteiger partial charge on any atom is -0.313 e. The van der Waals surface area contributed by atoms with E-state index in [1.165, 1.54) is 21.2 Å². The first-order valence-corrected chi connectivity index (χ1v) is 7.39. The predicted octanol–water partition coefficient (Wildman–Crippen LogP) is 4.32. The van der Waals surface area contributed by atoms with Crippen LogP contribution in [-0.4, -0.2) is 7.05 Å². The molecule has 2 rings (SSSR count). The predicted molar refractivity (Wildman–Crippen MR) is 78.7 cm³/mol. The minimum absolute atomic E-state index is 0.377. The molecule has 0 amide bonds. The Labute approximate surface area is 115 Å². The van der Waals surface area contributed by atoms with Gasteiger partial charge >= 0.3 is 0 Å². The van der Waals surface area contributed by atoms with Crippen LogP contribution in [0.2, 0.25) is 0 Å². The third-order valence-corrected chi connectivity index (χ3v) is 4.64. The van der Waals surface area contributed by atoms with Gasteiger partial charge < -0.3 is 5.32 Å². The molecular formula is C14H16BrNS. The van der Waals surface area contributed by atoms with Gasteiger partial charge in [0.15, 0.2) is 0 Å². The van der Waals surface area contributed by atoms with Gasteiger partial charge in [-0.3, -0.25) is 0 Å². The minimum atomic E-state index is 0.377. The van der Waals surface area contributed by atoms with Crippen LogP contribution in [0.4, 0.5) is 0 Å². The molecule has 0 aliphatic heterocycles. The molecule has 90 valence electrons. The lowest BCUT2D eigenvalue weighted by molar-refractivity contribution is 0.589. The van der Waals surface area contributed by atoms with E-state index in [1.54, 1.807) is 11.3 Å². The van der Waals surface area contributed by atoms with Gasteiger partial charge in [0, 0.05) is 10.5 Å². The second kappa shape index (κ2) is 5.80. The Balaban J connectivity index is 2.26. The van der Waals surface area contributed by atoms with Gasteiger partial charge in [-0.25, -0.2) is 0 Å². The van der Waals surface area contributed by atoms with E-state index in [0.29, 0.717) is 6.04 Å². The standard InChI is InChI=1S/C14H16BrNS/c1-10-12(4-3-5-13(10)15)14(16-2)8-11-6-7-17-9-11/h3-7,9,14,16H,8H2,1-2H3. The van der Waals surface area contributed by atoms with E-state index in [2.05, 4.69) is 63.2 Å². The molecule has 1 aromatic heterocycles. The van der Waals surface area contributed by atoms with Crippen molar-refractivity contribution in [1.82, 2.24) is 5.32 Å². The lowest BCUT2D eigenvalue weighted by Gasteiger charge is -2.19. The van der Waals surface area contributed by atoms with Crippen molar-refractivity contribution < 1.29 is 0 Å². The number of likely N-dealkylation sites (N-methyl/N-ethyl adjacent to an activating group) is 1. The largest absolute Gasteiger partial charge is 0.313 e. The number of benzene rings is 1. The van der Waals surface area contributed by atoms with Crippen LogP contribution in [0.1, 0.15) is 22.7 Å². The first kappa shape index (κ1) is 12.8. The third-order valence-electron chi connectivity index (χ3n) is 3.05. The van der Waals surface area contributed by atoms with E-state index in [4.69, 9.17) is 0 Å². The number of hydrogen-bond donors (Lipinski definition) is 1. The summed E-state index contributed by atoms with van der Waals surface area (Å²) in [7, 11) is 2.03. The van der Waals surface area contributed by atoms with E-state index >= 15 is 0 Å². The van der Waals surface area contributed by atoms with Crippen LogP contribution in [0, 0.1) is 6.92 Å². The summed E-state index contributed by atoms with van der Waals surface area (Å²) < 4.78 is 1.18. The van der Waals surface area contributed by atoms with Gasteiger partial charge in [0.05, 0.1) is 0 Å². The Kier molecular flexibility index (Phi) is 4.37. The maximum atomic E-state index is 3.60. The molecule has 0 saturated heterocycles. The Hall–Kier alpha value is -0.640.